The van der Waals surface area contributed by atoms with Crippen LogP contribution in [0.4, 0.5) is 0 Å². The number of hydrogen-bond donors (Lipinski definition) is 1. The van der Waals surface area contributed by atoms with Gasteiger partial charge in [-0.1, -0.05) is 18.2 Å². The van der Waals surface area contributed by atoms with Gasteiger partial charge in [0.25, 0.3) is 11.8 Å². The third-order valence-corrected chi connectivity index (χ3v) is 3.55. The number of rotatable bonds is 3. The summed E-state index contributed by atoms with van der Waals surface area (Å²) in [5.41, 5.74) is 2.62. The molecule has 1 aliphatic rings. The lowest BCUT2D eigenvalue weighted by molar-refractivity contribution is -0.197. The number of aryl methyl sites for hydroxylation is 1. The van der Waals surface area contributed by atoms with Gasteiger partial charge in [-0.2, -0.15) is 0 Å². The van der Waals surface area contributed by atoms with Crippen LogP contribution >= 0.6 is 0 Å². The first-order chi connectivity index (χ1) is 10.1. The fourth-order valence-corrected chi connectivity index (χ4v) is 2.50. The van der Waals surface area contributed by atoms with Crippen LogP contribution in [0.25, 0.3) is 10.9 Å². The summed E-state index contributed by atoms with van der Waals surface area (Å²) < 4.78 is 0. The Morgan fingerprint density at radius 2 is 1.90 bits per heavy atom. The summed E-state index contributed by atoms with van der Waals surface area (Å²) in [5.74, 6) is -1.56. The zero-order valence-electron chi connectivity index (χ0n) is 11.5. The number of nitrogens with one attached hydrogen (secondary N) is 1. The van der Waals surface area contributed by atoms with Crippen LogP contribution in [0.3, 0.4) is 0 Å². The standard InChI is InChI=1S/C15H14N2O4/c1-9-11(10-4-2-3-5-12(10)16-9)8-15(20)21-17-13(18)6-7-14(17)19/h2-5,16H,6-8H2,1H3. The number of aromatic nitrogens is 1. The fourth-order valence-electron chi connectivity index (χ4n) is 2.50. The highest BCUT2D eigenvalue weighted by molar-refractivity contribution is 6.01. The van der Waals surface area contributed by atoms with Crippen molar-refractivity contribution in [1.82, 2.24) is 10.0 Å². The molecule has 1 aliphatic heterocycles. The van der Waals surface area contributed by atoms with E-state index in [9.17, 15) is 14.4 Å². The molecule has 0 bridgehead atoms. The van der Waals surface area contributed by atoms with E-state index < -0.39 is 17.8 Å². The molecule has 2 heterocycles. The Bertz CT molecular complexity index is 731. The van der Waals surface area contributed by atoms with Crippen molar-refractivity contribution < 1.29 is 19.2 Å². The molecule has 0 aliphatic carbocycles. The molecule has 0 unspecified atom stereocenters. The lowest BCUT2D eigenvalue weighted by Gasteiger charge is -2.12. The first-order valence-electron chi connectivity index (χ1n) is 6.69. The molecule has 0 radical (unpaired) electrons. The molecule has 108 valence electrons. The molecule has 1 aromatic heterocycles. The van der Waals surface area contributed by atoms with Crippen molar-refractivity contribution in [1.29, 1.82) is 0 Å². The second kappa shape index (κ2) is 5.05. The lowest BCUT2D eigenvalue weighted by atomic mass is 10.1. The molecule has 6 heteroatoms. The zero-order chi connectivity index (χ0) is 15.0. The van der Waals surface area contributed by atoms with Gasteiger partial charge >= 0.3 is 5.97 Å². The number of para-hydroxylation sites is 1. The summed E-state index contributed by atoms with van der Waals surface area (Å²) in [4.78, 5) is 42.9. The van der Waals surface area contributed by atoms with Gasteiger partial charge in [-0.15, -0.1) is 5.06 Å². The Kier molecular flexibility index (Phi) is 3.21. The molecule has 1 saturated heterocycles. The molecule has 0 saturated carbocycles. The molecule has 1 N–H and O–H groups in total. The first kappa shape index (κ1) is 13.4. The largest absolute Gasteiger partial charge is 0.358 e. The van der Waals surface area contributed by atoms with Crippen LogP contribution in [0.15, 0.2) is 24.3 Å². The smallest absolute Gasteiger partial charge is 0.337 e. The average molecular weight is 286 g/mol. The molecule has 0 atom stereocenters. The molecule has 21 heavy (non-hydrogen) atoms. The quantitative estimate of drug-likeness (QED) is 0.870. The van der Waals surface area contributed by atoms with Gasteiger partial charge in [-0.25, -0.2) is 4.79 Å². The minimum atomic E-state index is -0.619. The van der Waals surface area contributed by atoms with Crippen molar-refractivity contribution in [3.05, 3.63) is 35.5 Å². The van der Waals surface area contributed by atoms with Crippen molar-refractivity contribution in [3.8, 4) is 0 Å². The molecule has 3 rings (SSSR count). The number of fused-ring (bicyclic) bond motifs is 1. The minimum Gasteiger partial charge on any atom is -0.358 e. The van der Waals surface area contributed by atoms with Gasteiger partial charge in [0.1, 0.15) is 0 Å². The van der Waals surface area contributed by atoms with Crippen LogP contribution in [-0.2, 0) is 25.6 Å². The van der Waals surface area contributed by atoms with E-state index in [4.69, 9.17) is 4.84 Å². The highest BCUT2D eigenvalue weighted by Crippen LogP contribution is 2.23. The number of carbonyl (C=O) groups excluding carboxylic acids is 3. The maximum Gasteiger partial charge on any atom is 0.337 e. The number of hydroxylamine groups is 2. The molecule has 2 aromatic rings. The third-order valence-electron chi connectivity index (χ3n) is 3.55. The van der Waals surface area contributed by atoms with Crippen molar-refractivity contribution in [2.24, 2.45) is 0 Å². The van der Waals surface area contributed by atoms with Gasteiger partial charge in [0, 0.05) is 29.4 Å². The number of benzene rings is 1. The topological polar surface area (TPSA) is 79.5 Å². The summed E-state index contributed by atoms with van der Waals surface area (Å²) >= 11 is 0. The fraction of sp³-hybridized carbons (Fsp3) is 0.267. The summed E-state index contributed by atoms with van der Waals surface area (Å²) in [6.45, 7) is 1.87. The van der Waals surface area contributed by atoms with Gasteiger partial charge in [0.15, 0.2) is 0 Å². The Hall–Kier alpha value is -2.63. The molecular weight excluding hydrogens is 272 g/mol. The van der Waals surface area contributed by atoms with Gasteiger partial charge in [0.05, 0.1) is 6.42 Å². The average Bonchev–Trinajstić information content (AvgIpc) is 2.93. The van der Waals surface area contributed by atoms with Crippen LogP contribution < -0.4 is 0 Å². The van der Waals surface area contributed by atoms with Crippen molar-refractivity contribution >= 4 is 28.7 Å². The summed E-state index contributed by atoms with van der Waals surface area (Å²) in [6.07, 6.45) is 0.198. The minimum absolute atomic E-state index is 0.00685. The van der Waals surface area contributed by atoms with Crippen molar-refractivity contribution in [2.45, 2.75) is 26.2 Å². The van der Waals surface area contributed by atoms with Gasteiger partial charge in [0.2, 0.25) is 0 Å². The third kappa shape index (κ3) is 2.40. The van der Waals surface area contributed by atoms with E-state index in [-0.39, 0.29) is 19.3 Å². The summed E-state index contributed by atoms with van der Waals surface area (Å²) in [6, 6.07) is 7.62. The van der Waals surface area contributed by atoms with Gasteiger partial charge in [-0.05, 0) is 18.6 Å². The van der Waals surface area contributed by atoms with Crippen molar-refractivity contribution in [3.63, 3.8) is 0 Å². The van der Waals surface area contributed by atoms with E-state index in [1.165, 1.54) is 0 Å². The number of aromatic amines is 1. The van der Waals surface area contributed by atoms with Crippen LogP contribution in [0, 0.1) is 6.92 Å². The molecule has 1 fully saturated rings. The van der Waals surface area contributed by atoms with E-state index in [0.29, 0.717) is 5.06 Å². The number of hydrogen-bond acceptors (Lipinski definition) is 4. The summed E-state index contributed by atoms with van der Waals surface area (Å²) in [5, 5.41) is 1.51. The van der Waals surface area contributed by atoms with Gasteiger partial charge < -0.3 is 9.82 Å². The van der Waals surface area contributed by atoms with Crippen LogP contribution in [-0.4, -0.2) is 27.8 Å². The molecule has 2 amide bonds. The predicted octanol–water partition coefficient (Wildman–Crippen LogP) is 1.63. The van der Waals surface area contributed by atoms with Crippen LogP contribution in [0.1, 0.15) is 24.1 Å². The van der Waals surface area contributed by atoms with Crippen molar-refractivity contribution in [2.75, 3.05) is 0 Å². The Balaban J connectivity index is 1.79. The van der Waals surface area contributed by atoms with E-state index in [2.05, 4.69) is 4.98 Å². The number of nitrogens with zero attached hydrogens (tertiary/aromatic N) is 1. The second-order valence-corrected chi connectivity index (χ2v) is 5.00. The molecule has 6 nitrogen and oxygen atoms in total. The normalized spacial score (nSPS) is 15.0. The van der Waals surface area contributed by atoms with E-state index in [0.717, 1.165) is 22.2 Å². The Morgan fingerprint density at radius 1 is 1.24 bits per heavy atom. The van der Waals surface area contributed by atoms with E-state index >= 15 is 0 Å². The Morgan fingerprint density at radius 3 is 2.62 bits per heavy atom. The predicted molar refractivity (Wildman–Crippen MR) is 73.9 cm³/mol. The molecular formula is C15H14N2O4. The van der Waals surface area contributed by atoms with E-state index in [1.54, 1.807) is 0 Å². The summed E-state index contributed by atoms with van der Waals surface area (Å²) in [7, 11) is 0. The number of H-pyrrole nitrogens is 1. The monoisotopic (exact) mass is 286 g/mol. The van der Waals surface area contributed by atoms with Crippen LogP contribution in [0.2, 0.25) is 0 Å². The number of amides is 2. The maximum absolute atomic E-state index is 12.0. The first-order valence-corrected chi connectivity index (χ1v) is 6.69. The lowest BCUT2D eigenvalue weighted by Crippen LogP contribution is -2.32. The number of imide groups is 1. The molecule has 0 spiro atoms. The second-order valence-electron chi connectivity index (χ2n) is 5.00. The molecule has 1 aromatic carbocycles. The number of carbonyl (C=O) groups is 3. The highest BCUT2D eigenvalue weighted by atomic mass is 16.7. The van der Waals surface area contributed by atoms with Crippen LogP contribution in [0.5, 0.6) is 0 Å². The maximum atomic E-state index is 12.0. The SMILES string of the molecule is Cc1[nH]c2ccccc2c1CC(=O)ON1C(=O)CCC1=O. The highest BCUT2D eigenvalue weighted by Gasteiger charge is 2.33. The Labute approximate surface area is 120 Å². The van der Waals surface area contributed by atoms with Gasteiger partial charge in [-0.3, -0.25) is 9.59 Å². The van der Waals surface area contributed by atoms with E-state index in [1.807, 2.05) is 31.2 Å². The zero-order valence-corrected chi connectivity index (χ0v) is 11.5.